The molecule has 1 unspecified atom stereocenters. The van der Waals surface area contributed by atoms with Gasteiger partial charge in [-0.2, -0.15) is 0 Å². The predicted octanol–water partition coefficient (Wildman–Crippen LogP) is 1.96. The second-order valence-corrected chi connectivity index (χ2v) is 4.43. The van der Waals surface area contributed by atoms with Crippen molar-refractivity contribution in [3.63, 3.8) is 0 Å². The maximum absolute atomic E-state index is 3.34. The van der Waals surface area contributed by atoms with Crippen LogP contribution in [0.4, 0.5) is 0 Å². The Morgan fingerprint density at radius 2 is 2.31 bits per heavy atom. The molecule has 0 aliphatic rings. The zero-order valence-electron chi connectivity index (χ0n) is 8.58. The van der Waals surface area contributed by atoms with Crippen LogP contribution >= 0.6 is 11.3 Å². The Balaban J connectivity index is 2.44. The third kappa shape index (κ3) is 3.46. The van der Waals surface area contributed by atoms with Gasteiger partial charge in [-0.05, 0) is 45.6 Å². The second kappa shape index (κ2) is 5.37. The van der Waals surface area contributed by atoms with Gasteiger partial charge in [0, 0.05) is 10.9 Å². The largest absolute Gasteiger partial charge is 0.312 e. The van der Waals surface area contributed by atoms with Crippen molar-refractivity contribution in [1.29, 1.82) is 0 Å². The van der Waals surface area contributed by atoms with Gasteiger partial charge in [0.1, 0.15) is 0 Å². The fourth-order valence-electron chi connectivity index (χ4n) is 1.31. The molecule has 1 aromatic rings. The second-order valence-electron chi connectivity index (χ2n) is 3.45. The van der Waals surface area contributed by atoms with E-state index in [1.54, 1.807) is 0 Å². The summed E-state index contributed by atoms with van der Waals surface area (Å²) >= 11 is 1.83. The smallest absolute Gasteiger partial charge is 0.0424 e. The highest BCUT2D eigenvalue weighted by Crippen LogP contribution is 2.21. The number of rotatable bonds is 5. The van der Waals surface area contributed by atoms with E-state index in [2.05, 4.69) is 41.8 Å². The van der Waals surface area contributed by atoms with Gasteiger partial charge in [-0.1, -0.05) is 6.07 Å². The van der Waals surface area contributed by atoms with Crippen LogP contribution in [0.1, 0.15) is 17.3 Å². The molecular formula is C10H18N2S. The quantitative estimate of drug-likeness (QED) is 0.778. The summed E-state index contributed by atoms with van der Waals surface area (Å²) in [7, 11) is 6.25. The van der Waals surface area contributed by atoms with Crippen molar-refractivity contribution in [3.05, 3.63) is 22.4 Å². The molecule has 0 aromatic carbocycles. The maximum Gasteiger partial charge on any atom is 0.0424 e. The highest BCUT2D eigenvalue weighted by molar-refractivity contribution is 7.10. The van der Waals surface area contributed by atoms with Gasteiger partial charge in [-0.15, -0.1) is 11.3 Å². The Kier molecular flexibility index (Phi) is 4.42. The van der Waals surface area contributed by atoms with Gasteiger partial charge in [-0.3, -0.25) is 0 Å². The SMILES string of the molecule is CNC(CCN(C)C)c1cccs1. The highest BCUT2D eigenvalue weighted by Gasteiger charge is 2.09. The minimum Gasteiger partial charge on any atom is -0.312 e. The monoisotopic (exact) mass is 198 g/mol. The van der Waals surface area contributed by atoms with Crippen LogP contribution in [0.5, 0.6) is 0 Å². The van der Waals surface area contributed by atoms with Crippen molar-refractivity contribution >= 4 is 11.3 Å². The molecule has 0 bridgehead atoms. The van der Waals surface area contributed by atoms with E-state index >= 15 is 0 Å². The molecule has 0 radical (unpaired) electrons. The summed E-state index contributed by atoms with van der Waals surface area (Å²) in [6, 6.07) is 4.82. The van der Waals surface area contributed by atoms with Crippen LogP contribution in [-0.2, 0) is 0 Å². The zero-order chi connectivity index (χ0) is 9.68. The van der Waals surface area contributed by atoms with E-state index < -0.39 is 0 Å². The summed E-state index contributed by atoms with van der Waals surface area (Å²) in [6.45, 7) is 1.13. The maximum atomic E-state index is 3.34. The molecule has 0 fully saturated rings. The Hall–Kier alpha value is -0.380. The van der Waals surface area contributed by atoms with Crippen LogP contribution in [0.3, 0.4) is 0 Å². The van der Waals surface area contributed by atoms with Gasteiger partial charge in [0.2, 0.25) is 0 Å². The number of thiophene rings is 1. The van der Waals surface area contributed by atoms with Crippen LogP contribution in [-0.4, -0.2) is 32.6 Å². The Morgan fingerprint density at radius 3 is 2.77 bits per heavy atom. The molecule has 1 rings (SSSR count). The van der Waals surface area contributed by atoms with Crippen LogP contribution in [0, 0.1) is 0 Å². The fourth-order valence-corrected chi connectivity index (χ4v) is 2.18. The summed E-state index contributed by atoms with van der Waals surface area (Å²) < 4.78 is 0. The molecule has 2 nitrogen and oxygen atoms in total. The van der Waals surface area contributed by atoms with Crippen molar-refractivity contribution in [2.24, 2.45) is 0 Å². The number of nitrogens with zero attached hydrogens (tertiary/aromatic N) is 1. The van der Waals surface area contributed by atoms with E-state index in [9.17, 15) is 0 Å². The molecule has 1 N–H and O–H groups in total. The van der Waals surface area contributed by atoms with Gasteiger partial charge in [-0.25, -0.2) is 0 Å². The number of hydrogen-bond acceptors (Lipinski definition) is 3. The van der Waals surface area contributed by atoms with Crippen molar-refractivity contribution in [2.75, 3.05) is 27.7 Å². The van der Waals surface area contributed by atoms with E-state index in [4.69, 9.17) is 0 Å². The van der Waals surface area contributed by atoms with E-state index in [1.165, 1.54) is 11.3 Å². The highest BCUT2D eigenvalue weighted by atomic mass is 32.1. The number of nitrogens with one attached hydrogen (secondary N) is 1. The van der Waals surface area contributed by atoms with Crippen molar-refractivity contribution in [2.45, 2.75) is 12.5 Å². The average Bonchev–Trinajstić information content (AvgIpc) is 2.58. The summed E-state index contributed by atoms with van der Waals surface area (Å²) in [4.78, 5) is 3.65. The lowest BCUT2D eigenvalue weighted by molar-refractivity contribution is 0.370. The summed E-state index contributed by atoms with van der Waals surface area (Å²) in [5.41, 5.74) is 0. The van der Waals surface area contributed by atoms with E-state index in [0.29, 0.717) is 6.04 Å². The van der Waals surface area contributed by atoms with Crippen LogP contribution < -0.4 is 5.32 Å². The molecule has 0 amide bonds. The van der Waals surface area contributed by atoms with Crippen molar-refractivity contribution in [3.8, 4) is 0 Å². The van der Waals surface area contributed by atoms with Gasteiger partial charge in [0.25, 0.3) is 0 Å². The molecular weight excluding hydrogens is 180 g/mol. The number of hydrogen-bond donors (Lipinski definition) is 1. The van der Waals surface area contributed by atoms with Crippen LogP contribution in [0.25, 0.3) is 0 Å². The van der Waals surface area contributed by atoms with Crippen molar-refractivity contribution < 1.29 is 0 Å². The first kappa shape index (κ1) is 10.7. The normalized spacial score (nSPS) is 13.5. The lowest BCUT2D eigenvalue weighted by Crippen LogP contribution is -2.22. The molecule has 0 aliphatic carbocycles. The Morgan fingerprint density at radius 1 is 1.54 bits per heavy atom. The molecule has 1 atom stereocenters. The first-order chi connectivity index (χ1) is 6.24. The lowest BCUT2D eigenvalue weighted by Gasteiger charge is -2.17. The average molecular weight is 198 g/mol. The summed E-state index contributed by atoms with van der Waals surface area (Å²) in [5.74, 6) is 0. The molecule has 1 heterocycles. The van der Waals surface area contributed by atoms with Gasteiger partial charge in [0.05, 0.1) is 0 Å². The molecule has 0 aliphatic heterocycles. The Labute approximate surface area is 84.6 Å². The first-order valence-electron chi connectivity index (χ1n) is 4.59. The molecule has 1 aromatic heterocycles. The minimum atomic E-state index is 0.516. The Bertz CT molecular complexity index is 219. The summed E-state index contributed by atoms with van der Waals surface area (Å²) in [6.07, 6.45) is 1.17. The third-order valence-electron chi connectivity index (χ3n) is 2.10. The standard InChI is InChI=1S/C10H18N2S/c1-11-9(6-7-12(2)3)10-5-4-8-13-10/h4-5,8-9,11H,6-7H2,1-3H3. The van der Waals surface area contributed by atoms with E-state index in [0.717, 1.165) is 6.54 Å². The fraction of sp³-hybridized carbons (Fsp3) is 0.600. The van der Waals surface area contributed by atoms with Gasteiger partial charge in [0.15, 0.2) is 0 Å². The topological polar surface area (TPSA) is 15.3 Å². The minimum absolute atomic E-state index is 0.516. The van der Waals surface area contributed by atoms with E-state index in [1.807, 2.05) is 18.4 Å². The van der Waals surface area contributed by atoms with Gasteiger partial charge < -0.3 is 10.2 Å². The van der Waals surface area contributed by atoms with E-state index in [-0.39, 0.29) is 0 Å². The molecule has 0 saturated heterocycles. The van der Waals surface area contributed by atoms with Crippen LogP contribution in [0.15, 0.2) is 17.5 Å². The first-order valence-corrected chi connectivity index (χ1v) is 5.47. The molecule has 0 saturated carbocycles. The summed E-state index contributed by atoms with van der Waals surface area (Å²) in [5, 5.41) is 5.48. The molecule has 74 valence electrons. The zero-order valence-corrected chi connectivity index (χ0v) is 9.40. The van der Waals surface area contributed by atoms with Crippen LogP contribution in [0.2, 0.25) is 0 Å². The van der Waals surface area contributed by atoms with Gasteiger partial charge >= 0.3 is 0 Å². The molecule has 13 heavy (non-hydrogen) atoms. The lowest BCUT2D eigenvalue weighted by atomic mass is 10.1. The third-order valence-corrected chi connectivity index (χ3v) is 3.09. The predicted molar refractivity (Wildman–Crippen MR) is 59.3 cm³/mol. The van der Waals surface area contributed by atoms with Crippen molar-refractivity contribution in [1.82, 2.24) is 10.2 Å². The molecule has 0 spiro atoms. The molecule has 3 heteroatoms.